The lowest BCUT2D eigenvalue weighted by molar-refractivity contribution is -0.117. The van der Waals surface area contributed by atoms with Crippen molar-refractivity contribution < 1.29 is 9.18 Å². The first-order chi connectivity index (χ1) is 12.9. The van der Waals surface area contributed by atoms with Crippen LogP contribution in [-0.4, -0.2) is 35.2 Å². The van der Waals surface area contributed by atoms with Gasteiger partial charge in [0.25, 0.3) is 0 Å². The maximum atomic E-state index is 14.5. The largest absolute Gasteiger partial charge is 0.378 e. The minimum atomic E-state index is -0.904. The second-order valence-corrected chi connectivity index (χ2v) is 7.72. The third kappa shape index (κ3) is 3.52. The lowest BCUT2D eigenvalue weighted by Crippen LogP contribution is -2.47. The van der Waals surface area contributed by atoms with Gasteiger partial charge in [0, 0.05) is 24.3 Å². The molecule has 1 aromatic rings. The van der Waals surface area contributed by atoms with Crippen molar-refractivity contribution in [3.05, 3.63) is 53.0 Å². The first-order valence-electron chi connectivity index (χ1n) is 8.75. The molecule has 0 bridgehead atoms. The summed E-state index contributed by atoms with van der Waals surface area (Å²) in [5.41, 5.74) is 8.92. The highest BCUT2D eigenvalue weighted by atomic mass is 32.2. The number of hydrogen-bond acceptors (Lipinski definition) is 7. The average Bonchev–Trinajstić information content (AvgIpc) is 3.07. The van der Waals surface area contributed by atoms with Gasteiger partial charge in [0.2, 0.25) is 5.91 Å². The third-order valence-corrected chi connectivity index (χ3v) is 5.37. The van der Waals surface area contributed by atoms with Crippen molar-refractivity contribution in [2.75, 3.05) is 18.4 Å². The average molecular weight is 388 g/mol. The van der Waals surface area contributed by atoms with Crippen molar-refractivity contribution in [1.82, 2.24) is 15.8 Å². The second kappa shape index (κ2) is 6.90. The number of aliphatic imine (C=N–C) groups is 1. The molecule has 9 heteroatoms. The zero-order valence-electron chi connectivity index (χ0n) is 14.8. The highest BCUT2D eigenvalue weighted by molar-refractivity contribution is 8.16. The molecule has 142 valence electrons. The van der Waals surface area contributed by atoms with Crippen molar-refractivity contribution in [2.24, 2.45) is 10.7 Å². The van der Waals surface area contributed by atoms with E-state index in [2.05, 4.69) is 21.1 Å². The lowest BCUT2D eigenvalue weighted by atomic mass is 9.92. The van der Waals surface area contributed by atoms with E-state index in [-0.39, 0.29) is 5.91 Å². The van der Waals surface area contributed by atoms with Crippen LogP contribution in [0.5, 0.6) is 0 Å². The summed E-state index contributed by atoms with van der Waals surface area (Å²) in [6.07, 6.45) is 4.66. The molecule has 5 N–H and O–H groups in total. The van der Waals surface area contributed by atoms with Crippen LogP contribution in [0, 0.1) is 5.82 Å². The van der Waals surface area contributed by atoms with Crippen LogP contribution in [0.25, 0.3) is 0 Å². The smallest absolute Gasteiger partial charge is 0.247 e. The number of carbonyl (C=O) groups is 1. The van der Waals surface area contributed by atoms with Crippen LogP contribution in [0.15, 0.2) is 46.6 Å². The number of carbonyl (C=O) groups excluding carboxylic acids is 1. The number of nitrogens with one attached hydrogen (secondary N) is 3. The van der Waals surface area contributed by atoms with E-state index in [1.54, 1.807) is 30.5 Å². The van der Waals surface area contributed by atoms with Crippen LogP contribution in [0.2, 0.25) is 0 Å². The zero-order chi connectivity index (χ0) is 19.0. The Morgan fingerprint density at radius 1 is 1.52 bits per heavy atom. The lowest BCUT2D eigenvalue weighted by Gasteiger charge is -2.28. The van der Waals surface area contributed by atoms with E-state index in [0.717, 1.165) is 25.3 Å². The van der Waals surface area contributed by atoms with E-state index in [1.807, 2.05) is 11.1 Å². The zero-order valence-corrected chi connectivity index (χ0v) is 15.6. The number of hydrazine groups is 1. The SMILES string of the molecule is C[C@@]1(c2cc(NC(=O)C3C=C4NCCCN4N3)ccc2F)C=CSC(N)=N1. The molecule has 0 radical (unpaired) electrons. The summed E-state index contributed by atoms with van der Waals surface area (Å²) >= 11 is 1.29. The topological polar surface area (TPSA) is 94.8 Å². The molecule has 1 saturated heterocycles. The summed E-state index contributed by atoms with van der Waals surface area (Å²) in [6.45, 7) is 3.53. The Labute approximate surface area is 160 Å². The van der Waals surface area contributed by atoms with Crippen LogP contribution in [-0.2, 0) is 10.3 Å². The third-order valence-electron chi connectivity index (χ3n) is 4.76. The predicted molar refractivity (Wildman–Crippen MR) is 105 cm³/mol. The fourth-order valence-corrected chi connectivity index (χ4v) is 4.05. The Morgan fingerprint density at radius 2 is 2.37 bits per heavy atom. The van der Waals surface area contributed by atoms with Crippen molar-refractivity contribution in [1.29, 1.82) is 0 Å². The monoisotopic (exact) mass is 388 g/mol. The van der Waals surface area contributed by atoms with Gasteiger partial charge in [0.15, 0.2) is 5.17 Å². The number of rotatable bonds is 3. The molecule has 0 aromatic heterocycles. The first kappa shape index (κ1) is 17.9. The second-order valence-electron chi connectivity index (χ2n) is 6.79. The van der Waals surface area contributed by atoms with Crippen molar-refractivity contribution in [3.8, 4) is 0 Å². The van der Waals surface area contributed by atoms with Gasteiger partial charge in [-0.1, -0.05) is 11.8 Å². The van der Waals surface area contributed by atoms with Crippen LogP contribution >= 0.6 is 11.8 Å². The molecule has 3 aliphatic heterocycles. The minimum Gasteiger partial charge on any atom is -0.378 e. The first-order valence-corrected chi connectivity index (χ1v) is 9.62. The molecule has 3 aliphatic rings. The van der Waals surface area contributed by atoms with Crippen LogP contribution < -0.4 is 21.8 Å². The Morgan fingerprint density at radius 3 is 3.15 bits per heavy atom. The van der Waals surface area contributed by atoms with E-state index < -0.39 is 17.4 Å². The highest BCUT2D eigenvalue weighted by Crippen LogP contribution is 2.35. The van der Waals surface area contributed by atoms with Gasteiger partial charge in [0.1, 0.15) is 23.2 Å². The van der Waals surface area contributed by atoms with E-state index in [9.17, 15) is 9.18 Å². The van der Waals surface area contributed by atoms with Gasteiger partial charge in [-0.2, -0.15) is 0 Å². The summed E-state index contributed by atoms with van der Waals surface area (Å²) in [7, 11) is 0. The molecule has 1 unspecified atom stereocenters. The number of thioether (sulfide) groups is 1. The molecule has 27 heavy (non-hydrogen) atoms. The molecule has 1 aromatic carbocycles. The summed E-state index contributed by atoms with van der Waals surface area (Å²) in [6, 6.07) is 4.01. The standard InChI is InChI=1S/C18H21FN6OS/c1-18(5-8-27-17(20)23-18)12-9-11(3-4-13(12)19)22-16(26)14-10-15-21-6-2-7-25(15)24-14/h3-5,8-10,14,21,24H,2,6-7H2,1H3,(H2,20,23)(H,22,26)/t14?,18-/m0/s1. The summed E-state index contributed by atoms with van der Waals surface area (Å²) < 4.78 is 14.5. The number of nitrogens with two attached hydrogens (primary N) is 1. The Hall–Kier alpha value is -2.52. The number of amides is 1. The van der Waals surface area contributed by atoms with Gasteiger partial charge in [-0.05, 0) is 49.1 Å². The van der Waals surface area contributed by atoms with Crippen molar-refractivity contribution in [2.45, 2.75) is 24.9 Å². The van der Waals surface area contributed by atoms with Crippen molar-refractivity contribution in [3.63, 3.8) is 0 Å². The minimum absolute atomic E-state index is 0.209. The molecule has 0 aliphatic carbocycles. The number of anilines is 1. The van der Waals surface area contributed by atoms with Crippen LogP contribution in [0.4, 0.5) is 10.1 Å². The fraction of sp³-hybridized carbons (Fsp3) is 0.333. The van der Waals surface area contributed by atoms with Crippen molar-refractivity contribution >= 4 is 28.5 Å². The maximum absolute atomic E-state index is 14.5. The molecule has 4 rings (SSSR count). The van der Waals surface area contributed by atoms with Crippen LogP contribution in [0.3, 0.4) is 0 Å². The maximum Gasteiger partial charge on any atom is 0.247 e. The molecule has 1 fully saturated rings. The van der Waals surface area contributed by atoms with E-state index in [4.69, 9.17) is 5.73 Å². The normalized spacial score (nSPS) is 26.7. The van der Waals surface area contributed by atoms with Gasteiger partial charge in [0.05, 0.1) is 0 Å². The number of benzene rings is 1. The summed E-state index contributed by atoms with van der Waals surface area (Å²) in [4.78, 5) is 17.0. The molecule has 3 heterocycles. The molecule has 0 spiro atoms. The van der Waals surface area contributed by atoms with E-state index >= 15 is 0 Å². The Bertz CT molecular complexity index is 869. The van der Waals surface area contributed by atoms with Gasteiger partial charge >= 0.3 is 0 Å². The number of fused-ring (bicyclic) bond motifs is 1. The van der Waals surface area contributed by atoms with Gasteiger partial charge in [-0.3, -0.25) is 9.80 Å². The number of nitrogens with zero attached hydrogens (tertiary/aromatic N) is 2. The number of amidine groups is 1. The summed E-state index contributed by atoms with van der Waals surface area (Å²) in [5.74, 6) is 0.313. The van der Waals surface area contributed by atoms with Gasteiger partial charge in [-0.25, -0.2) is 14.8 Å². The quantitative estimate of drug-likeness (QED) is 0.628. The molecule has 0 saturated carbocycles. The predicted octanol–water partition coefficient (Wildman–Crippen LogP) is 1.58. The number of halogens is 1. The molecule has 7 nitrogen and oxygen atoms in total. The van der Waals surface area contributed by atoms with E-state index in [1.165, 1.54) is 17.8 Å². The van der Waals surface area contributed by atoms with Crippen LogP contribution in [0.1, 0.15) is 18.9 Å². The van der Waals surface area contributed by atoms with E-state index in [0.29, 0.717) is 16.4 Å². The molecule has 1 amide bonds. The highest BCUT2D eigenvalue weighted by Gasteiger charge is 2.31. The fourth-order valence-electron chi connectivity index (χ4n) is 3.34. The van der Waals surface area contributed by atoms with Gasteiger partial charge in [-0.15, -0.1) is 0 Å². The Balaban J connectivity index is 1.54. The van der Waals surface area contributed by atoms with Gasteiger partial charge < -0.3 is 16.4 Å². The number of hydrogen-bond donors (Lipinski definition) is 4. The summed E-state index contributed by atoms with van der Waals surface area (Å²) in [5, 5.41) is 10.2. The Kier molecular flexibility index (Phi) is 4.56. The molecular formula is C18H21FN6OS. The molecule has 2 atom stereocenters. The molecular weight excluding hydrogens is 367 g/mol.